The van der Waals surface area contributed by atoms with Gasteiger partial charge in [0.1, 0.15) is 5.75 Å². The summed E-state index contributed by atoms with van der Waals surface area (Å²) in [6.45, 7) is 8.38. The molecule has 3 nitrogen and oxygen atoms in total. The molecular formula is C36H37IrN2O-. The van der Waals surface area contributed by atoms with Gasteiger partial charge < -0.3 is 10.1 Å². The topological polar surface area (TPSA) is 46.0 Å². The van der Waals surface area contributed by atoms with Crippen LogP contribution in [-0.4, -0.2) is 15.1 Å². The molecule has 1 aliphatic rings. The summed E-state index contributed by atoms with van der Waals surface area (Å²) < 4.78 is 9.03. The molecule has 0 aliphatic heterocycles. The normalized spacial score (nSPS) is 14.4. The second-order valence-corrected chi connectivity index (χ2v) is 10.6. The first-order valence-electron chi connectivity index (χ1n) is 14.4. The molecule has 0 saturated heterocycles. The molecule has 1 N–H and O–H groups in total. The molecule has 1 saturated carbocycles. The van der Waals surface area contributed by atoms with Gasteiger partial charge in [-0.3, -0.25) is 4.98 Å². The monoisotopic (exact) mass is 707 g/mol. The number of fused-ring (bicyclic) bond motifs is 1. The molecule has 0 spiro atoms. The third kappa shape index (κ3) is 6.69. The fourth-order valence-corrected chi connectivity index (χ4v) is 5.65. The number of benzene rings is 3. The molecule has 0 unspecified atom stereocenters. The van der Waals surface area contributed by atoms with Crippen LogP contribution in [0.1, 0.15) is 67.2 Å². The minimum absolute atomic E-state index is 0. The smallest absolute Gasteiger partial charge is 0.124 e. The van der Waals surface area contributed by atoms with Crippen molar-refractivity contribution in [3.05, 3.63) is 113 Å². The van der Waals surface area contributed by atoms with Gasteiger partial charge in [-0.2, -0.15) is 0 Å². The van der Waals surface area contributed by atoms with E-state index in [0.29, 0.717) is 0 Å². The Morgan fingerprint density at radius 1 is 0.800 bits per heavy atom. The van der Waals surface area contributed by atoms with Crippen LogP contribution in [0, 0.1) is 33.8 Å². The maximum absolute atomic E-state index is 9.61. The van der Waals surface area contributed by atoms with E-state index in [1.807, 2.05) is 37.4 Å². The molecular weight excluding hydrogens is 669 g/mol. The Hall–Kier alpha value is -3.33. The summed E-state index contributed by atoms with van der Waals surface area (Å²) in [5, 5.41) is 12.0. The summed E-state index contributed by atoms with van der Waals surface area (Å²) in [5.41, 5.74) is 9.58. The van der Waals surface area contributed by atoms with E-state index in [0.717, 1.165) is 51.9 Å². The van der Waals surface area contributed by atoms with Crippen LogP contribution >= 0.6 is 0 Å². The molecule has 0 amide bonds. The number of aryl methyl sites for hydroxylation is 4. The van der Waals surface area contributed by atoms with Gasteiger partial charge in [0, 0.05) is 39.4 Å². The van der Waals surface area contributed by atoms with E-state index in [1.165, 1.54) is 41.3 Å². The van der Waals surface area contributed by atoms with Crippen molar-refractivity contribution in [3.63, 3.8) is 0 Å². The molecule has 4 heteroatoms. The fourth-order valence-electron chi connectivity index (χ4n) is 5.65. The Kier molecular flexibility index (Phi) is 9.41. The zero-order valence-corrected chi connectivity index (χ0v) is 26.1. The molecule has 5 aromatic rings. The van der Waals surface area contributed by atoms with Crippen LogP contribution in [0.3, 0.4) is 0 Å². The van der Waals surface area contributed by atoms with Gasteiger partial charge in [-0.1, -0.05) is 57.4 Å². The van der Waals surface area contributed by atoms with Crippen LogP contribution < -0.4 is 0 Å². The standard InChI is InChI=1S/C24H26N.C12H11NO.Ir/c1-16-13-17(2)15-20(14-16)24-23-10-9-21(19-7-5-4-6-8-19)18(3)22(23)11-12-25-24;1-9-6-7-13-11(8-9)10-4-2-3-5-12(10)14;/h9-14,19H,4-8H2,1-3H3;2-8,14H,1H3;/q-1;;/i19D;;. The predicted molar refractivity (Wildman–Crippen MR) is 162 cm³/mol. The summed E-state index contributed by atoms with van der Waals surface area (Å²) in [6, 6.07) is 25.3. The molecule has 2 heterocycles. The number of aromatic nitrogens is 2. The first-order chi connectivity index (χ1) is 19.2. The minimum Gasteiger partial charge on any atom is -0.507 e. The molecule has 6 rings (SSSR count). The summed E-state index contributed by atoms with van der Waals surface area (Å²) in [6.07, 6.45) is 9.20. The zero-order valence-electron chi connectivity index (χ0n) is 24.7. The molecule has 3 aromatic carbocycles. The van der Waals surface area contributed by atoms with Crippen LogP contribution in [0.25, 0.3) is 33.3 Å². The van der Waals surface area contributed by atoms with Crippen molar-refractivity contribution < 1.29 is 26.6 Å². The van der Waals surface area contributed by atoms with Crippen molar-refractivity contribution >= 4 is 10.8 Å². The Morgan fingerprint density at radius 2 is 1.55 bits per heavy atom. The van der Waals surface area contributed by atoms with E-state index in [2.05, 4.69) is 67.1 Å². The van der Waals surface area contributed by atoms with Crippen LogP contribution in [0.15, 0.2) is 79.1 Å². The van der Waals surface area contributed by atoms with E-state index >= 15 is 0 Å². The van der Waals surface area contributed by atoms with Gasteiger partial charge in [-0.05, 0) is 96.1 Å². The number of para-hydroxylation sites is 1. The van der Waals surface area contributed by atoms with E-state index in [1.54, 1.807) is 18.3 Å². The molecule has 2 aromatic heterocycles. The molecule has 1 fully saturated rings. The first kappa shape index (κ1) is 28.2. The van der Waals surface area contributed by atoms with E-state index < -0.39 is 5.89 Å². The van der Waals surface area contributed by atoms with Crippen LogP contribution in [0.2, 0.25) is 0 Å². The molecule has 1 aliphatic carbocycles. The number of rotatable bonds is 3. The average molecular weight is 707 g/mol. The van der Waals surface area contributed by atoms with Crippen molar-refractivity contribution in [2.45, 2.75) is 65.7 Å². The number of nitrogens with zero attached hydrogens (tertiary/aromatic N) is 2. The van der Waals surface area contributed by atoms with Crippen molar-refractivity contribution in [2.75, 3.05) is 0 Å². The van der Waals surface area contributed by atoms with Crippen molar-refractivity contribution in [1.29, 1.82) is 0 Å². The Morgan fingerprint density at radius 3 is 2.27 bits per heavy atom. The Labute approximate surface area is 253 Å². The van der Waals surface area contributed by atoms with Crippen molar-refractivity contribution in [2.24, 2.45) is 0 Å². The third-order valence-electron chi connectivity index (χ3n) is 7.55. The zero-order chi connectivity index (χ0) is 28.3. The largest absolute Gasteiger partial charge is 0.507 e. The van der Waals surface area contributed by atoms with Gasteiger partial charge in [0.25, 0.3) is 0 Å². The average Bonchev–Trinajstić information content (AvgIpc) is 2.93. The maximum atomic E-state index is 9.61. The number of hydrogen-bond acceptors (Lipinski definition) is 3. The van der Waals surface area contributed by atoms with Gasteiger partial charge in [0.15, 0.2) is 0 Å². The number of phenolic OH excluding ortho intramolecular Hbond substituents is 1. The van der Waals surface area contributed by atoms with Gasteiger partial charge in [0.2, 0.25) is 0 Å². The maximum Gasteiger partial charge on any atom is 0.124 e. The third-order valence-corrected chi connectivity index (χ3v) is 7.55. The van der Waals surface area contributed by atoms with Gasteiger partial charge >= 0.3 is 0 Å². The summed E-state index contributed by atoms with van der Waals surface area (Å²) in [4.78, 5) is 8.89. The van der Waals surface area contributed by atoms with E-state index in [4.69, 9.17) is 1.37 Å². The number of phenols is 1. The van der Waals surface area contributed by atoms with Crippen LogP contribution in [0.4, 0.5) is 0 Å². The molecule has 1 radical (unpaired) electrons. The minimum atomic E-state index is -0.425. The molecule has 0 bridgehead atoms. The van der Waals surface area contributed by atoms with E-state index in [9.17, 15) is 5.11 Å². The molecule has 40 heavy (non-hydrogen) atoms. The van der Waals surface area contributed by atoms with E-state index in [-0.39, 0.29) is 25.9 Å². The number of hydrogen-bond donors (Lipinski definition) is 1. The molecule has 207 valence electrons. The quantitative estimate of drug-likeness (QED) is 0.190. The number of aromatic hydroxyl groups is 1. The van der Waals surface area contributed by atoms with Crippen LogP contribution in [0.5, 0.6) is 5.75 Å². The van der Waals surface area contributed by atoms with Gasteiger partial charge in [0.05, 0.1) is 5.69 Å². The Bertz CT molecular complexity index is 1640. The Balaban J connectivity index is 0.000000219. The SMILES string of the molecule is Cc1ccnc(-c2ccccc2O)c1.[2H]C1(c2ccc3c(-c4[c-]c(C)cc(C)c4)nccc3c2C)CCCCC1.[Ir]. The summed E-state index contributed by atoms with van der Waals surface area (Å²) in [5.74, 6) is -0.156. The molecule has 0 atom stereocenters. The summed E-state index contributed by atoms with van der Waals surface area (Å²) >= 11 is 0. The second-order valence-electron chi connectivity index (χ2n) is 10.6. The van der Waals surface area contributed by atoms with Crippen molar-refractivity contribution in [3.8, 4) is 28.3 Å². The first-order valence-corrected chi connectivity index (χ1v) is 13.9. The summed E-state index contributed by atoms with van der Waals surface area (Å²) in [7, 11) is 0. The van der Waals surface area contributed by atoms with Gasteiger partial charge in [-0.25, -0.2) is 0 Å². The second kappa shape index (κ2) is 13.4. The fraction of sp³-hybridized carbons (Fsp3) is 0.278. The predicted octanol–water partition coefficient (Wildman–Crippen LogP) is 9.44. The van der Waals surface area contributed by atoms with Crippen LogP contribution in [-0.2, 0) is 20.1 Å². The van der Waals surface area contributed by atoms with Gasteiger partial charge in [-0.15, -0.1) is 34.9 Å². The number of pyridine rings is 2. The van der Waals surface area contributed by atoms with Crippen molar-refractivity contribution in [1.82, 2.24) is 9.97 Å².